The Labute approximate surface area is 118 Å². The predicted octanol–water partition coefficient (Wildman–Crippen LogP) is 2.46. The number of hydrogen-bond acceptors (Lipinski definition) is 5. The van der Waals surface area contributed by atoms with Crippen LogP contribution in [0.3, 0.4) is 0 Å². The standard InChI is InChI=1S/C15H18N4O/c1-14(2,15(3,4)20)17-13-10-7-5-6-8-11(10)18-19-12(13)9-16/h5-8,20H,1-4H3,(H,17,18). The van der Waals surface area contributed by atoms with Crippen molar-refractivity contribution in [2.45, 2.75) is 38.8 Å². The minimum Gasteiger partial charge on any atom is -0.388 e. The lowest BCUT2D eigenvalue weighted by molar-refractivity contribution is 0.0241. The van der Waals surface area contributed by atoms with Crippen molar-refractivity contribution >= 4 is 16.6 Å². The minimum atomic E-state index is -0.968. The Balaban J connectivity index is 2.62. The van der Waals surface area contributed by atoms with Crippen LogP contribution < -0.4 is 5.32 Å². The van der Waals surface area contributed by atoms with Gasteiger partial charge >= 0.3 is 0 Å². The molecule has 104 valence electrons. The number of aromatic nitrogens is 2. The molecule has 0 amide bonds. The normalized spacial score (nSPS) is 12.2. The van der Waals surface area contributed by atoms with Gasteiger partial charge in [0.1, 0.15) is 6.07 Å². The molecule has 0 aliphatic carbocycles. The van der Waals surface area contributed by atoms with Crippen LogP contribution in [0.1, 0.15) is 33.4 Å². The molecule has 20 heavy (non-hydrogen) atoms. The molecular weight excluding hydrogens is 252 g/mol. The fourth-order valence-electron chi connectivity index (χ4n) is 1.72. The van der Waals surface area contributed by atoms with Crippen molar-refractivity contribution in [3.8, 4) is 6.07 Å². The molecule has 1 heterocycles. The Bertz CT molecular complexity index is 680. The Hall–Kier alpha value is -2.19. The fourth-order valence-corrected chi connectivity index (χ4v) is 1.72. The fraction of sp³-hybridized carbons (Fsp3) is 0.400. The van der Waals surface area contributed by atoms with E-state index in [4.69, 9.17) is 0 Å². The second-order valence-corrected chi connectivity index (χ2v) is 5.86. The van der Waals surface area contributed by atoms with Crippen molar-refractivity contribution in [2.75, 3.05) is 5.32 Å². The largest absolute Gasteiger partial charge is 0.388 e. The summed E-state index contributed by atoms with van der Waals surface area (Å²) in [7, 11) is 0. The van der Waals surface area contributed by atoms with Gasteiger partial charge in [-0.15, -0.1) is 10.2 Å². The number of fused-ring (bicyclic) bond motifs is 1. The second-order valence-electron chi connectivity index (χ2n) is 5.86. The van der Waals surface area contributed by atoms with Gasteiger partial charge in [-0.3, -0.25) is 0 Å². The summed E-state index contributed by atoms with van der Waals surface area (Å²) >= 11 is 0. The van der Waals surface area contributed by atoms with Crippen LogP contribution in [0.4, 0.5) is 5.69 Å². The minimum absolute atomic E-state index is 0.223. The van der Waals surface area contributed by atoms with Gasteiger partial charge in [0.2, 0.25) is 0 Å². The van der Waals surface area contributed by atoms with E-state index in [1.165, 1.54) is 0 Å². The van der Waals surface area contributed by atoms with E-state index in [1.54, 1.807) is 13.8 Å². The molecule has 1 aromatic carbocycles. The van der Waals surface area contributed by atoms with Gasteiger partial charge < -0.3 is 10.4 Å². The molecule has 2 rings (SSSR count). The van der Waals surface area contributed by atoms with Gasteiger partial charge in [-0.1, -0.05) is 18.2 Å². The highest BCUT2D eigenvalue weighted by Crippen LogP contribution is 2.31. The predicted molar refractivity (Wildman–Crippen MR) is 78.3 cm³/mol. The highest BCUT2D eigenvalue weighted by atomic mass is 16.3. The molecule has 5 nitrogen and oxygen atoms in total. The number of benzene rings is 1. The van der Waals surface area contributed by atoms with Gasteiger partial charge in [0.05, 0.1) is 22.3 Å². The lowest BCUT2D eigenvalue weighted by Gasteiger charge is -2.39. The smallest absolute Gasteiger partial charge is 0.186 e. The van der Waals surface area contributed by atoms with Crippen LogP contribution in [0.2, 0.25) is 0 Å². The lowest BCUT2D eigenvalue weighted by Crippen LogP contribution is -2.51. The molecule has 2 aromatic rings. The first-order chi connectivity index (χ1) is 9.26. The first kappa shape index (κ1) is 14.2. The summed E-state index contributed by atoms with van der Waals surface area (Å²) in [5, 5.41) is 31.5. The molecule has 1 aromatic heterocycles. The first-order valence-electron chi connectivity index (χ1n) is 6.42. The second kappa shape index (κ2) is 4.73. The number of nitriles is 1. The molecule has 0 atom stereocenters. The quantitative estimate of drug-likeness (QED) is 0.895. The van der Waals surface area contributed by atoms with Gasteiger partial charge in [-0.25, -0.2) is 0 Å². The molecule has 0 radical (unpaired) electrons. The molecule has 0 saturated carbocycles. The zero-order valence-electron chi connectivity index (χ0n) is 12.1. The van der Waals surface area contributed by atoms with Crippen LogP contribution >= 0.6 is 0 Å². The Morgan fingerprint density at radius 2 is 1.80 bits per heavy atom. The van der Waals surface area contributed by atoms with Crippen molar-refractivity contribution in [1.82, 2.24) is 10.2 Å². The molecule has 0 fully saturated rings. The van der Waals surface area contributed by atoms with Gasteiger partial charge in [-0.05, 0) is 33.8 Å². The molecule has 0 bridgehead atoms. The van der Waals surface area contributed by atoms with Crippen molar-refractivity contribution in [3.05, 3.63) is 30.0 Å². The van der Waals surface area contributed by atoms with Crippen molar-refractivity contribution in [1.29, 1.82) is 5.26 Å². The Morgan fingerprint density at radius 3 is 2.40 bits per heavy atom. The summed E-state index contributed by atoms with van der Waals surface area (Å²) in [6.45, 7) is 7.21. The third kappa shape index (κ3) is 2.43. The first-order valence-corrected chi connectivity index (χ1v) is 6.42. The summed E-state index contributed by atoms with van der Waals surface area (Å²) in [6, 6.07) is 9.52. The Morgan fingerprint density at radius 1 is 1.15 bits per heavy atom. The highest BCUT2D eigenvalue weighted by molar-refractivity contribution is 5.93. The lowest BCUT2D eigenvalue weighted by atomic mass is 9.85. The molecule has 0 aliphatic rings. The Kier molecular flexibility index (Phi) is 3.36. The number of rotatable bonds is 3. The maximum atomic E-state index is 10.3. The van der Waals surface area contributed by atoms with E-state index in [0.717, 1.165) is 5.39 Å². The third-order valence-corrected chi connectivity index (χ3v) is 3.74. The van der Waals surface area contributed by atoms with E-state index in [1.807, 2.05) is 44.2 Å². The summed E-state index contributed by atoms with van der Waals surface area (Å²) < 4.78 is 0. The maximum Gasteiger partial charge on any atom is 0.186 e. The van der Waals surface area contributed by atoms with Crippen LogP contribution in [0.15, 0.2) is 24.3 Å². The van der Waals surface area contributed by atoms with Crippen molar-refractivity contribution in [2.24, 2.45) is 0 Å². The van der Waals surface area contributed by atoms with Crippen LogP contribution in [0.5, 0.6) is 0 Å². The number of anilines is 1. The van der Waals surface area contributed by atoms with Crippen molar-refractivity contribution in [3.63, 3.8) is 0 Å². The number of nitrogens with zero attached hydrogens (tertiary/aromatic N) is 3. The monoisotopic (exact) mass is 270 g/mol. The van der Waals surface area contributed by atoms with Gasteiger partial charge in [0, 0.05) is 5.39 Å². The van der Waals surface area contributed by atoms with Gasteiger partial charge in [0.15, 0.2) is 5.69 Å². The van der Waals surface area contributed by atoms with Gasteiger partial charge in [-0.2, -0.15) is 5.26 Å². The van der Waals surface area contributed by atoms with Crippen LogP contribution in [-0.4, -0.2) is 26.4 Å². The summed E-state index contributed by atoms with van der Waals surface area (Å²) in [6.07, 6.45) is 0. The molecule has 0 unspecified atom stereocenters. The number of aliphatic hydroxyl groups is 1. The summed E-state index contributed by atoms with van der Waals surface area (Å²) in [5.41, 5.74) is -0.0686. The van der Waals surface area contributed by atoms with E-state index in [0.29, 0.717) is 11.2 Å². The topological polar surface area (TPSA) is 81.8 Å². The average Bonchev–Trinajstić information content (AvgIpc) is 2.37. The highest BCUT2D eigenvalue weighted by Gasteiger charge is 2.36. The molecule has 5 heteroatoms. The zero-order valence-corrected chi connectivity index (χ0v) is 12.1. The van der Waals surface area contributed by atoms with Crippen LogP contribution in [0.25, 0.3) is 10.9 Å². The van der Waals surface area contributed by atoms with Crippen LogP contribution in [0, 0.1) is 11.3 Å². The van der Waals surface area contributed by atoms with E-state index in [2.05, 4.69) is 15.5 Å². The number of hydrogen-bond donors (Lipinski definition) is 2. The van der Waals surface area contributed by atoms with E-state index in [-0.39, 0.29) is 5.69 Å². The zero-order chi connectivity index (χ0) is 15.0. The molecule has 0 aliphatic heterocycles. The SMILES string of the molecule is CC(C)(O)C(C)(C)Nc1c(C#N)nnc2ccccc12. The summed E-state index contributed by atoms with van der Waals surface area (Å²) in [4.78, 5) is 0. The molecular formula is C15H18N4O. The molecule has 0 spiro atoms. The third-order valence-electron chi connectivity index (χ3n) is 3.74. The van der Waals surface area contributed by atoms with Gasteiger partial charge in [0.25, 0.3) is 0 Å². The number of nitrogens with one attached hydrogen (secondary N) is 1. The maximum absolute atomic E-state index is 10.3. The van der Waals surface area contributed by atoms with E-state index >= 15 is 0 Å². The molecule has 2 N–H and O–H groups in total. The van der Waals surface area contributed by atoms with Crippen LogP contribution in [-0.2, 0) is 0 Å². The summed E-state index contributed by atoms with van der Waals surface area (Å²) in [5.74, 6) is 0. The van der Waals surface area contributed by atoms with E-state index in [9.17, 15) is 10.4 Å². The van der Waals surface area contributed by atoms with Crippen molar-refractivity contribution < 1.29 is 5.11 Å². The molecule has 0 saturated heterocycles. The average molecular weight is 270 g/mol. The van der Waals surface area contributed by atoms with E-state index < -0.39 is 11.1 Å².